The van der Waals surface area contributed by atoms with Gasteiger partial charge in [0.15, 0.2) is 5.15 Å². The molecule has 1 aromatic heterocycles. The summed E-state index contributed by atoms with van der Waals surface area (Å²) < 4.78 is 8.67. The lowest BCUT2D eigenvalue weighted by Crippen LogP contribution is -2.13. The van der Waals surface area contributed by atoms with E-state index in [1.54, 1.807) is 19.5 Å². The van der Waals surface area contributed by atoms with Gasteiger partial charge < -0.3 is 4.74 Å². The summed E-state index contributed by atoms with van der Waals surface area (Å²) >= 11 is 7.61. The summed E-state index contributed by atoms with van der Waals surface area (Å²) in [5, 5.41) is 0.394. The molecule has 0 spiro atoms. The van der Waals surface area contributed by atoms with E-state index in [1.807, 2.05) is 18.2 Å². The van der Waals surface area contributed by atoms with Crippen molar-refractivity contribution in [2.45, 2.75) is 45.6 Å². The molecule has 1 N–H and O–H groups in total. The van der Waals surface area contributed by atoms with E-state index in [1.165, 1.54) is 11.9 Å². The van der Waals surface area contributed by atoms with Crippen molar-refractivity contribution >= 4 is 23.5 Å². The van der Waals surface area contributed by atoms with Gasteiger partial charge in [0, 0.05) is 24.0 Å². The first kappa shape index (κ1) is 20.7. The van der Waals surface area contributed by atoms with Crippen LogP contribution in [0.25, 0.3) is 11.3 Å². The molecule has 0 amide bonds. The molecule has 0 saturated heterocycles. The van der Waals surface area contributed by atoms with Gasteiger partial charge in [-0.15, -0.1) is 0 Å². The van der Waals surface area contributed by atoms with Gasteiger partial charge in [-0.25, -0.2) is 4.98 Å². The maximum absolute atomic E-state index is 6.09. The van der Waals surface area contributed by atoms with Crippen molar-refractivity contribution in [2.75, 3.05) is 7.11 Å². The maximum Gasteiger partial charge on any atom is 0.155 e. The number of aromatic nitrogens is 2. The number of methoxy groups -OCH3 is 1. The van der Waals surface area contributed by atoms with Crippen molar-refractivity contribution in [1.29, 1.82) is 0 Å². The fraction of sp³-hybridized carbons (Fsp3) is 0.444. The number of halogens is 1. The van der Waals surface area contributed by atoms with Crippen LogP contribution in [0.4, 0.5) is 0 Å². The Morgan fingerprint density at radius 3 is 2.25 bits per heavy atom. The predicted octanol–water partition coefficient (Wildman–Crippen LogP) is 5.47. The average Bonchev–Trinajstić information content (AvgIpc) is 2.52. The van der Waals surface area contributed by atoms with Crippen LogP contribution in [0.3, 0.4) is 0 Å². The third kappa shape index (κ3) is 7.07. The molecule has 1 heterocycles. The quantitative estimate of drug-likeness (QED) is 0.709. The summed E-state index contributed by atoms with van der Waals surface area (Å²) in [6, 6.07) is 6.20. The van der Waals surface area contributed by atoms with E-state index in [9.17, 15) is 0 Å². The van der Waals surface area contributed by atoms with E-state index in [-0.39, 0.29) is 0 Å². The second kappa shape index (κ2) is 10.5. The zero-order valence-electron chi connectivity index (χ0n) is 15.1. The molecule has 0 aliphatic rings. The minimum atomic E-state index is 0.369. The Hall–Kier alpha value is -1.30. The topological polar surface area (TPSA) is 47.0 Å². The largest absolute Gasteiger partial charge is 0.496 e. The molecule has 0 aliphatic carbocycles. The van der Waals surface area contributed by atoms with Gasteiger partial charge >= 0.3 is 0 Å². The maximum atomic E-state index is 6.09. The average molecular weight is 368 g/mol. The Bertz CT molecular complexity index is 633. The summed E-state index contributed by atoms with van der Waals surface area (Å²) in [4.78, 5) is 9.31. The number of hydrogen-bond donors (Lipinski definition) is 1. The molecule has 6 heteroatoms. The minimum Gasteiger partial charge on any atom is -0.496 e. The van der Waals surface area contributed by atoms with Crippen LogP contribution in [0.2, 0.25) is 5.15 Å². The van der Waals surface area contributed by atoms with Crippen molar-refractivity contribution in [1.82, 2.24) is 14.7 Å². The van der Waals surface area contributed by atoms with Crippen LogP contribution in [0.5, 0.6) is 5.75 Å². The molecule has 24 heavy (non-hydrogen) atoms. The van der Waals surface area contributed by atoms with E-state index >= 15 is 0 Å². The molecule has 0 aliphatic heterocycles. The molecular formula is C18H26ClN3OS. The fourth-order valence-corrected chi connectivity index (χ4v) is 2.61. The van der Waals surface area contributed by atoms with E-state index in [2.05, 4.69) is 49.3 Å². The predicted molar refractivity (Wildman–Crippen MR) is 104 cm³/mol. The molecule has 0 saturated carbocycles. The van der Waals surface area contributed by atoms with Crippen molar-refractivity contribution in [3.05, 3.63) is 35.7 Å². The molecular weight excluding hydrogens is 342 g/mol. The van der Waals surface area contributed by atoms with Crippen molar-refractivity contribution in [3.8, 4) is 17.0 Å². The number of nitrogens with one attached hydrogen (secondary N) is 1. The molecule has 2 rings (SSSR count). The SMILES string of the molecule is CC(C)C.COc1ccc(-c2nccnc2Cl)cc1SNC(C)C. The first-order valence-corrected chi connectivity index (χ1v) is 9.11. The van der Waals surface area contributed by atoms with Crippen LogP contribution >= 0.6 is 23.5 Å². The van der Waals surface area contributed by atoms with Crippen molar-refractivity contribution in [2.24, 2.45) is 5.92 Å². The van der Waals surface area contributed by atoms with Gasteiger partial charge in [0.25, 0.3) is 0 Å². The lowest BCUT2D eigenvalue weighted by molar-refractivity contribution is 0.405. The second-order valence-corrected chi connectivity index (χ2v) is 7.41. The highest BCUT2D eigenvalue weighted by atomic mass is 35.5. The number of rotatable bonds is 5. The van der Waals surface area contributed by atoms with E-state index < -0.39 is 0 Å². The standard InChI is InChI=1S/C14H16ClN3OS.C4H10/c1-9(2)18-20-12-8-10(4-5-11(12)19-3)13-14(15)17-7-6-16-13;1-4(2)3/h4-9,18H,1-3H3;4H,1-3H3. The highest BCUT2D eigenvalue weighted by molar-refractivity contribution is 7.97. The molecule has 0 atom stereocenters. The van der Waals surface area contributed by atoms with E-state index in [0.29, 0.717) is 16.9 Å². The lowest BCUT2D eigenvalue weighted by atomic mass is 10.1. The van der Waals surface area contributed by atoms with Gasteiger partial charge in [0.1, 0.15) is 11.4 Å². The molecule has 0 fully saturated rings. The fourth-order valence-electron chi connectivity index (χ4n) is 1.60. The van der Waals surface area contributed by atoms with Crippen LogP contribution in [-0.4, -0.2) is 23.1 Å². The third-order valence-corrected chi connectivity index (χ3v) is 3.90. The Kier molecular flexibility index (Phi) is 9.11. The summed E-state index contributed by atoms with van der Waals surface area (Å²) in [7, 11) is 1.66. The van der Waals surface area contributed by atoms with Crippen LogP contribution in [0.1, 0.15) is 34.6 Å². The van der Waals surface area contributed by atoms with Gasteiger partial charge in [0.05, 0.1) is 12.0 Å². The molecule has 0 bridgehead atoms. The molecule has 4 nitrogen and oxygen atoms in total. The van der Waals surface area contributed by atoms with Crippen LogP contribution in [0, 0.1) is 5.92 Å². The number of hydrogen-bond acceptors (Lipinski definition) is 5. The van der Waals surface area contributed by atoms with Crippen molar-refractivity contribution < 1.29 is 4.74 Å². The zero-order chi connectivity index (χ0) is 18.1. The molecule has 0 unspecified atom stereocenters. The Labute approximate surface area is 154 Å². The third-order valence-electron chi connectivity index (χ3n) is 2.50. The highest BCUT2D eigenvalue weighted by Crippen LogP contribution is 2.33. The molecule has 2 aromatic rings. The Morgan fingerprint density at radius 2 is 1.71 bits per heavy atom. The first-order chi connectivity index (χ1) is 11.3. The minimum absolute atomic E-state index is 0.369. The van der Waals surface area contributed by atoms with Crippen molar-refractivity contribution in [3.63, 3.8) is 0 Å². The summed E-state index contributed by atoms with van der Waals surface area (Å²) in [6.07, 6.45) is 3.20. The Balaban J connectivity index is 0.000000648. The second-order valence-electron chi connectivity index (χ2n) is 6.17. The molecule has 0 radical (unpaired) electrons. The van der Waals surface area contributed by atoms with E-state index in [0.717, 1.165) is 22.1 Å². The highest BCUT2D eigenvalue weighted by Gasteiger charge is 2.11. The lowest BCUT2D eigenvalue weighted by Gasteiger charge is -2.12. The monoisotopic (exact) mass is 367 g/mol. The van der Waals surface area contributed by atoms with Gasteiger partial charge in [-0.05, 0) is 49.9 Å². The normalized spacial score (nSPS) is 10.5. The zero-order valence-corrected chi connectivity index (χ0v) is 16.7. The van der Waals surface area contributed by atoms with Gasteiger partial charge in [-0.3, -0.25) is 9.71 Å². The summed E-state index contributed by atoms with van der Waals surface area (Å²) in [5.74, 6) is 1.65. The van der Waals surface area contributed by atoms with Gasteiger partial charge in [-0.2, -0.15) is 0 Å². The van der Waals surface area contributed by atoms with Gasteiger partial charge in [0.2, 0.25) is 0 Å². The number of nitrogens with zero attached hydrogens (tertiary/aromatic N) is 2. The van der Waals surface area contributed by atoms with Gasteiger partial charge in [-0.1, -0.05) is 32.4 Å². The first-order valence-electron chi connectivity index (χ1n) is 7.92. The number of ether oxygens (including phenoxy) is 1. The van der Waals surface area contributed by atoms with Crippen LogP contribution in [-0.2, 0) is 0 Å². The van der Waals surface area contributed by atoms with Crippen LogP contribution < -0.4 is 9.46 Å². The van der Waals surface area contributed by atoms with E-state index in [4.69, 9.17) is 16.3 Å². The number of benzene rings is 1. The smallest absolute Gasteiger partial charge is 0.155 e. The molecule has 132 valence electrons. The molecule has 1 aromatic carbocycles. The summed E-state index contributed by atoms with van der Waals surface area (Å²) in [5.41, 5.74) is 1.58. The summed E-state index contributed by atoms with van der Waals surface area (Å²) in [6.45, 7) is 10.7. The Morgan fingerprint density at radius 1 is 1.08 bits per heavy atom. The van der Waals surface area contributed by atoms with Crippen LogP contribution in [0.15, 0.2) is 35.5 Å².